The molecule has 1 aliphatic heterocycles. The Kier molecular flexibility index (Phi) is 7.11. The molecule has 4 nitrogen and oxygen atoms in total. The lowest BCUT2D eigenvalue weighted by atomic mass is 9.79. The van der Waals surface area contributed by atoms with Crippen LogP contribution in [0.15, 0.2) is 47.6 Å². The smallest absolute Gasteiger partial charge is 0.318 e. The third-order valence-corrected chi connectivity index (χ3v) is 7.22. The van der Waals surface area contributed by atoms with Gasteiger partial charge in [-0.15, -0.1) is 0 Å². The Labute approximate surface area is 186 Å². The lowest BCUT2D eigenvalue weighted by molar-refractivity contribution is 0.163. The van der Waals surface area contributed by atoms with Crippen LogP contribution in [-0.4, -0.2) is 36.6 Å². The monoisotopic (exact) mass is 425 g/mol. The van der Waals surface area contributed by atoms with Crippen LogP contribution in [0.2, 0.25) is 0 Å². The number of halogens is 1. The van der Waals surface area contributed by atoms with Crippen molar-refractivity contribution in [2.45, 2.75) is 76.4 Å². The highest BCUT2D eigenvalue weighted by Gasteiger charge is 2.37. The molecule has 1 saturated carbocycles. The Morgan fingerprint density at radius 1 is 1.16 bits per heavy atom. The molecular formula is C26H36FN3O. The number of unbranched alkanes of at least 4 members (excludes halogenated alkanes) is 2. The molecule has 1 fully saturated rings. The molecule has 0 radical (unpaired) electrons. The van der Waals surface area contributed by atoms with Gasteiger partial charge in [0, 0.05) is 18.6 Å². The first kappa shape index (κ1) is 22.1. The van der Waals surface area contributed by atoms with Crippen molar-refractivity contribution in [2.75, 3.05) is 13.6 Å². The predicted molar refractivity (Wildman–Crippen MR) is 123 cm³/mol. The highest BCUT2D eigenvalue weighted by Crippen LogP contribution is 2.42. The number of nitrogens with zero attached hydrogens (tertiary/aromatic N) is 1. The standard InChI is InChI=1S/C26H36FN3O/c1-3-4-5-6-18-7-12-24-20(15-18)13-14-30(25(24)19-8-10-21(27)11-9-19)26(31)29-23-16-22(17-23)28-2/h7-12,18,22-23,25,28H,3-6,13-17H2,1-2H3,(H,29,31)/t18?,22?,23?,25-/m0/s1. The summed E-state index contributed by atoms with van der Waals surface area (Å²) in [5.74, 6) is 0.362. The Balaban J connectivity index is 1.52. The molecule has 3 aliphatic rings. The van der Waals surface area contributed by atoms with Gasteiger partial charge in [-0.1, -0.05) is 56.0 Å². The first-order valence-electron chi connectivity index (χ1n) is 12.0. The van der Waals surface area contributed by atoms with E-state index in [1.165, 1.54) is 49.0 Å². The molecule has 31 heavy (non-hydrogen) atoms. The second-order valence-electron chi connectivity index (χ2n) is 9.38. The van der Waals surface area contributed by atoms with E-state index >= 15 is 0 Å². The summed E-state index contributed by atoms with van der Waals surface area (Å²) in [4.78, 5) is 15.2. The summed E-state index contributed by atoms with van der Waals surface area (Å²) in [6, 6.07) is 7.26. The molecule has 0 bridgehead atoms. The zero-order valence-corrected chi connectivity index (χ0v) is 18.9. The van der Waals surface area contributed by atoms with Gasteiger partial charge >= 0.3 is 6.03 Å². The average Bonchev–Trinajstić information content (AvgIpc) is 2.75. The molecule has 0 aromatic heterocycles. The zero-order valence-electron chi connectivity index (χ0n) is 18.9. The Morgan fingerprint density at radius 3 is 2.65 bits per heavy atom. The maximum atomic E-state index is 13.6. The Hall–Kier alpha value is -2.14. The molecule has 2 atom stereocenters. The largest absolute Gasteiger partial charge is 0.335 e. The summed E-state index contributed by atoms with van der Waals surface area (Å²) in [5, 5.41) is 6.49. The summed E-state index contributed by atoms with van der Waals surface area (Å²) in [6.07, 6.45) is 13.6. The minimum atomic E-state index is -0.243. The van der Waals surface area contributed by atoms with E-state index < -0.39 is 0 Å². The number of carbonyl (C=O) groups is 1. The van der Waals surface area contributed by atoms with E-state index in [9.17, 15) is 9.18 Å². The van der Waals surface area contributed by atoms with Crippen LogP contribution >= 0.6 is 0 Å². The Bertz CT molecular complexity index is 826. The molecule has 4 rings (SSSR count). The second-order valence-corrected chi connectivity index (χ2v) is 9.38. The Morgan fingerprint density at radius 2 is 1.94 bits per heavy atom. The van der Waals surface area contributed by atoms with Crippen LogP contribution in [0.25, 0.3) is 0 Å². The van der Waals surface area contributed by atoms with Gasteiger partial charge in [0.05, 0.1) is 6.04 Å². The number of hydrogen-bond acceptors (Lipinski definition) is 2. The van der Waals surface area contributed by atoms with Crippen molar-refractivity contribution in [1.29, 1.82) is 0 Å². The highest BCUT2D eigenvalue weighted by molar-refractivity contribution is 5.76. The van der Waals surface area contributed by atoms with Gasteiger partial charge in [-0.05, 0) is 68.3 Å². The summed E-state index contributed by atoms with van der Waals surface area (Å²) in [7, 11) is 1.97. The third kappa shape index (κ3) is 5.03. The lowest BCUT2D eigenvalue weighted by Gasteiger charge is -2.43. The molecule has 1 aromatic rings. The third-order valence-electron chi connectivity index (χ3n) is 7.22. The fourth-order valence-electron chi connectivity index (χ4n) is 5.25. The normalized spacial score (nSPS) is 27.6. The number of rotatable bonds is 7. The lowest BCUT2D eigenvalue weighted by Crippen LogP contribution is -2.55. The van der Waals surface area contributed by atoms with E-state index in [2.05, 4.69) is 29.7 Å². The average molecular weight is 426 g/mol. The van der Waals surface area contributed by atoms with Gasteiger partial charge in [0.15, 0.2) is 0 Å². The molecule has 2 amide bonds. The number of amides is 2. The molecule has 2 aliphatic carbocycles. The van der Waals surface area contributed by atoms with Gasteiger partial charge in [0.2, 0.25) is 0 Å². The van der Waals surface area contributed by atoms with Crippen molar-refractivity contribution in [3.63, 3.8) is 0 Å². The van der Waals surface area contributed by atoms with Crippen LogP contribution in [0.5, 0.6) is 0 Å². The van der Waals surface area contributed by atoms with E-state index in [0.29, 0.717) is 18.5 Å². The molecule has 5 heteroatoms. The van der Waals surface area contributed by atoms with Crippen LogP contribution in [-0.2, 0) is 0 Å². The molecule has 1 aromatic carbocycles. The zero-order chi connectivity index (χ0) is 21.8. The van der Waals surface area contributed by atoms with Gasteiger partial charge in [0.1, 0.15) is 5.82 Å². The highest BCUT2D eigenvalue weighted by atomic mass is 19.1. The van der Waals surface area contributed by atoms with Crippen LogP contribution in [0.1, 0.15) is 69.9 Å². The van der Waals surface area contributed by atoms with Crippen LogP contribution in [0, 0.1) is 11.7 Å². The van der Waals surface area contributed by atoms with Crippen molar-refractivity contribution < 1.29 is 9.18 Å². The maximum Gasteiger partial charge on any atom is 0.318 e. The molecule has 168 valence electrons. The number of carbonyl (C=O) groups excluding carboxylic acids is 1. The number of allylic oxidation sites excluding steroid dienone is 1. The van der Waals surface area contributed by atoms with Gasteiger partial charge < -0.3 is 15.5 Å². The number of nitrogens with one attached hydrogen (secondary N) is 2. The topological polar surface area (TPSA) is 44.4 Å². The van der Waals surface area contributed by atoms with Crippen LogP contribution < -0.4 is 10.6 Å². The van der Waals surface area contributed by atoms with Gasteiger partial charge in [-0.3, -0.25) is 0 Å². The van der Waals surface area contributed by atoms with E-state index in [-0.39, 0.29) is 23.9 Å². The quantitative estimate of drug-likeness (QED) is 0.568. The summed E-state index contributed by atoms with van der Waals surface area (Å²) in [6.45, 7) is 2.96. The van der Waals surface area contributed by atoms with Crippen LogP contribution in [0.4, 0.5) is 9.18 Å². The van der Waals surface area contributed by atoms with Gasteiger partial charge in [0.25, 0.3) is 0 Å². The molecule has 0 saturated heterocycles. The van der Waals surface area contributed by atoms with E-state index in [1.54, 1.807) is 0 Å². The molecular weight excluding hydrogens is 389 g/mol. The van der Waals surface area contributed by atoms with Crippen molar-refractivity contribution in [2.24, 2.45) is 5.92 Å². The predicted octanol–water partition coefficient (Wildman–Crippen LogP) is 5.49. The molecule has 1 heterocycles. The minimum Gasteiger partial charge on any atom is -0.335 e. The number of urea groups is 1. The SMILES string of the molecule is CCCCCC1C=CC2=C(CCN(C(=O)NC3CC(NC)C3)[C@H]2c2ccc(F)cc2)C1. The van der Waals surface area contributed by atoms with Crippen molar-refractivity contribution in [1.82, 2.24) is 15.5 Å². The van der Waals surface area contributed by atoms with Crippen LogP contribution in [0.3, 0.4) is 0 Å². The number of hydrogen-bond donors (Lipinski definition) is 2. The van der Waals surface area contributed by atoms with E-state index in [0.717, 1.165) is 31.2 Å². The van der Waals surface area contributed by atoms with Gasteiger partial charge in [-0.25, -0.2) is 9.18 Å². The van der Waals surface area contributed by atoms with E-state index in [4.69, 9.17) is 0 Å². The first-order chi connectivity index (χ1) is 15.1. The fourth-order valence-corrected chi connectivity index (χ4v) is 5.25. The van der Waals surface area contributed by atoms with Gasteiger partial charge in [-0.2, -0.15) is 0 Å². The minimum absolute atomic E-state index is 0.00102. The van der Waals surface area contributed by atoms with Crippen molar-refractivity contribution in [3.8, 4) is 0 Å². The summed E-state index contributed by atoms with van der Waals surface area (Å²) in [5.41, 5.74) is 3.70. The molecule has 2 N–H and O–H groups in total. The molecule has 1 unspecified atom stereocenters. The van der Waals surface area contributed by atoms with Crippen molar-refractivity contribution in [3.05, 3.63) is 58.9 Å². The maximum absolute atomic E-state index is 13.6. The van der Waals surface area contributed by atoms with Crippen molar-refractivity contribution >= 4 is 6.03 Å². The summed E-state index contributed by atoms with van der Waals surface area (Å²) < 4.78 is 13.6. The summed E-state index contributed by atoms with van der Waals surface area (Å²) >= 11 is 0. The number of benzene rings is 1. The van der Waals surface area contributed by atoms with E-state index in [1.807, 2.05) is 24.1 Å². The second kappa shape index (κ2) is 9.99. The molecule has 0 spiro atoms. The first-order valence-corrected chi connectivity index (χ1v) is 12.0. The fraction of sp³-hybridized carbons (Fsp3) is 0.577.